The Morgan fingerprint density at radius 2 is 2.09 bits per heavy atom. The van der Waals surface area contributed by atoms with Crippen LogP contribution < -0.4 is 16.0 Å². The molecule has 1 aliphatic rings. The summed E-state index contributed by atoms with van der Waals surface area (Å²) in [5.41, 5.74) is 1.84. The number of hydrogen-bond donors (Lipinski definition) is 3. The molecule has 1 aromatic carbocycles. The van der Waals surface area contributed by atoms with Crippen molar-refractivity contribution in [3.63, 3.8) is 0 Å². The zero-order valence-corrected chi connectivity index (χ0v) is 16.0. The summed E-state index contributed by atoms with van der Waals surface area (Å²) in [6.45, 7) is 4.38. The van der Waals surface area contributed by atoms with Crippen LogP contribution in [0.5, 0.6) is 0 Å². The number of amides is 1. The monoisotopic (exact) mass is 397 g/mol. The molecule has 0 unspecified atom stereocenters. The molecule has 0 aromatic heterocycles. The Balaban J connectivity index is 1.76. The van der Waals surface area contributed by atoms with Gasteiger partial charge >= 0.3 is 0 Å². The third-order valence-corrected chi connectivity index (χ3v) is 5.06. The van der Waals surface area contributed by atoms with E-state index < -0.39 is 0 Å². The van der Waals surface area contributed by atoms with E-state index in [1.54, 1.807) is 0 Å². The Bertz CT molecular complexity index is 579. The van der Waals surface area contributed by atoms with Crippen molar-refractivity contribution in [2.45, 2.75) is 45.6 Å². The molecule has 126 valence electrons. The fourth-order valence-corrected chi connectivity index (χ4v) is 3.57. The first-order valence-corrected chi connectivity index (χ1v) is 9.26. The van der Waals surface area contributed by atoms with Crippen LogP contribution in [0.2, 0.25) is 0 Å². The van der Waals surface area contributed by atoms with E-state index in [-0.39, 0.29) is 12.5 Å². The van der Waals surface area contributed by atoms with Crippen LogP contribution in [0.25, 0.3) is 0 Å². The number of rotatable bonds is 4. The van der Waals surface area contributed by atoms with Crippen molar-refractivity contribution in [2.24, 2.45) is 5.92 Å². The van der Waals surface area contributed by atoms with E-state index in [1.165, 1.54) is 19.3 Å². The predicted octanol–water partition coefficient (Wildman–Crippen LogP) is 3.74. The van der Waals surface area contributed by atoms with Gasteiger partial charge in [0.15, 0.2) is 5.11 Å². The lowest BCUT2D eigenvalue weighted by Gasteiger charge is -2.30. The summed E-state index contributed by atoms with van der Waals surface area (Å²) >= 11 is 8.72. The van der Waals surface area contributed by atoms with Gasteiger partial charge in [0.1, 0.15) is 0 Å². The number of benzene rings is 1. The lowest BCUT2D eigenvalue weighted by Crippen LogP contribution is -2.47. The molecule has 4 nitrogen and oxygen atoms in total. The highest BCUT2D eigenvalue weighted by Gasteiger charge is 2.21. The molecular formula is C17H24BrN3OS. The van der Waals surface area contributed by atoms with Crippen LogP contribution in [0.15, 0.2) is 22.7 Å². The fourth-order valence-electron chi connectivity index (χ4n) is 2.87. The molecular weight excluding hydrogens is 374 g/mol. The van der Waals surface area contributed by atoms with E-state index in [1.807, 2.05) is 25.1 Å². The Morgan fingerprint density at radius 3 is 2.78 bits per heavy atom. The lowest BCUT2D eigenvalue weighted by atomic mass is 9.86. The quantitative estimate of drug-likeness (QED) is 0.677. The topological polar surface area (TPSA) is 53.2 Å². The van der Waals surface area contributed by atoms with Gasteiger partial charge in [-0.2, -0.15) is 0 Å². The Morgan fingerprint density at radius 1 is 1.35 bits per heavy atom. The number of aryl methyl sites for hydroxylation is 1. The average Bonchev–Trinajstić information content (AvgIpc) is 2.50. The van der Waals surface area contributed by atoms with Gasteiger partial charge < -0.3 is 16.0 Å². The number of carbonyl (C=O) groups excluding carboxylic acids is 1. The molecule has 0 heterocycles. The number of nitrogens with one attached hydrogen (secondary N) is 3. The summed E-state index contributed by atoms with van der Waals surface area (Å²) in [4.78, 5) is 12.0. The average molecular weight is 398 g/mol. The number of hydrogen-bond acceptors (Lipinski definition) is 2. The van der Waals surface area contributed by atoms with Crippen molar-refractivity contribution in [2.75, 3.05) is 11.9 Å². The molecule has 1 saturated carbocycles. The normalized spacial score (nSPS) is 20.7. The molecule has 0 spiro atoms. The first-order chi connectivity index (χ1) is 11.0. The molecule has 3 N–H and O–H groups in total. The second-order valence-electron chi connectivity index (χ2n) is 6.20. The maximum absolute atomic E-state index is 12.0. The molecule has 23 heavy (non-hydrogen) atoms. The predicted molar refractivity (Wildman–Crippen MR) is 103 cm³/mol. The SMILES string of the molecule is Cc1cc(Br)ccc1NC(=O)CNC(=S)N[C@@H]1CCCC[C@H]1C. The van der Waals surface area contributed by atoms with Crippen molar-refractivity contribution in [1.82, 2.24) is 10.6 Å². The van der Waals surface area contributed by atoms with Gasteiger partial charge in [-0.3, -0.25) is 4.79 Å². The summed E-state index contributed by atoms with van der Waals surface area (Å²) in [5, 5.41) is 9.80. The van der Waals surface area contributed by atoms with Crippen LogP contribution in [-0.2, 0) is 4.79 Å². The van der Waals surface area contributed by atoms with E-state index in [4.69, 9.17) is 12.2 Å². The maximum Gasteiger partial charge on any atom is 0.243 e. The molecule has 0 saturated heterocycles. The molecule has 1 aliphatic carbocycles. The van der Waals surface area contributed by atoms with Crippen molar-refractivity contribution in [1.29, 1.82) is 0 Å². The van der Waals surface area contributed by atoms with Gasteiger partial charge in [0, 0.05) is 16.2 Å². The van der Waals surface area contributed by atoms with Gasteiger partial charge in [0.2, 0.25) is 5.91 Å². The highest BCUT2D eigenvalue weighted by molar-refractivity contribution is 9.10. The molecule has 0 bridgehead atoms. The number of anilines is 1. The standard InChI is InChI=1S/C17H24BrN3OS/c1-11-5-3-4-6-14(11)21-17(23)19-10-16(22)20-15-8-7-13(18)9-12(15)2/h7-9,11,14H,3-6,10H2,1-2H3,(H,20,22)(H2,19,21,23)/t11-,14-/m1/s1. The van der Waals surface area contributed by atoms with E-state index in [2.05, 4.69) is 38.8 Å². The minimum Gasteiger partial charge on any atom is -0.360 e. The minimum absolute atomic E-state index is 0.101. The molecule has 2 rings (SSSR count). The summed E-state index contributed by atoms with van der Waals surface area (Å²) in [5.74, 6) is 0.527. The second-order valence-corrected chi connectivity index (χ2v) is 7.53. The summed E-state index contributed by atoms with van der Waals surface area (Å²) in [6, 6.07) is 6.19. The van der Waals surface area contributed by atoms with Crippen LogP contribution in [0.3, 0.4) is 0 Å². The van der Waals surface area contributed by atoms with Crippen LogP contribution in [0, 0.1) is 12.8 Å². The molecule has 1 fully saturated rings. The van der Waals surface area contributed by atoms with Gasteiger partial charge in [-0.15, -0.1) is 0 Å². The summed E-state index contributed by atoms with van der Waals surface area (Å²) in [7, 11) is 0. The first-order valence-electron chi connectivity index (χ1n) is 8.06. The van der Waals surface area contributed by atoms with Crippen LogP contribution >= 0.6 is 28.1 Å². The van der Waals surface area contributed by atoms with Crippen LogP contribution in [0.1, 0.15) is 38.2 Å². The Hall–Kier alpha value is -1.14. The number of thiocarbonyl (C=S) groups is 1. The zero-order valence-electron chi connectivity index (χ0n) is 13.6. The lowest BCUT2D eigenvalue weighted by molar-refractivity contribution is -0.115. The zero-order chi connectivity index (χ0) is 16.8. The van der Waals surface area contributed by atoms with Gasteiger partial charge in [0.05, 0.1) is 6.54 Å². The smallest absolute Gasteiger partial charge is 0.243 e. The third kappa shape index (κ3) is 5.77. The Labute approximate surface area is 151 Å². The van der Waals surface area contributed by atoms with Gasteiger partial charge in [-0.1, -0.05) is 35.7 Å². The number of carbonyl (C=O) groups is 1. The van der Waals surface area contributed by atoms with Crippen molar-refractivity contribution < 1.29 is 4.79 Å². The highest BCUT2D eigenvalue weighted by Crippen LogP contribution is 2.23. The summed E-state index contributed by atoms with van der Waals surface area (Å²) in [6.07, 6.45) is 4.93. The first kappa shape index (κ1) is 18.2. The number of halogens is 1. The van der Waals surface area contributed by atoms with Gasteiger partial charge in [-0.05, 0) is 61.7 Å². The molecule has 0 radical (unpaired) electrons. The van der Waals surface area contributed by atoms with Gasteiger partial charge in [-0.25, -0.2) is 0 Å². The minimum atomic E-state index is -0.101. The molecule has 2 atom stereocenters. The molecule has 1 amide bonds. The Kier molecular flexibility index (Phi) is 6.84. The second kappa shape index (κ2) is 8.64. The van der Waals surface area contributed by atoms with E-state index in [0.29, 0.717) is 17.1 Å². The summed E-state index contributed by atoms with van der Waals surface area (Å²) < 4.78 is 0.998. The third-order valence-electron chi connectivity index (χ3n) is 4.30. The molecule has 0 aliphatic heterocycles. The van der Waals surface area contributed by atoms with Crippen LogP contribution in [0.4, 0.5) is 5.69 Å². The molecule has 6 heteroatoms. The van der Waals surface area contributed by atoms with E-state index in [0.717, 1.165) is 22.1 Å². The van der Waals surface area contributed by atoms with Crippen molar-refractivity contribution >= 4 is 44.9 Å². The van der Waals surface area contributed by atoms with E-state index in [9.17, 15) is 4.79 Å². The largest absolute Gasteiger partial charge is 0.360 e. The van der Waals surface area contributed by atoms with Crippen molar-refractivity contribution in [3.8, 4) is 0 Å². The van der Waals surface area contributed by atoms with Crippen molar-refractivity contribution in [3.05, 3.63) is 28.2 Å². The van der Waals surface area contributed by atoms with Gasteiger partial charge in [0.25, 0.3) is 0 Å². The highest BCUT2D eigenvalue weighted by atomic mass is 79.9. The maximum atomic E-state index is 12.0. The molecule has 1 aromatic rings. The van der Waals surface area contributed by atoms with E-state index >= 15 is 0 Å². The fraction of sp³-hybridized carbons (Fsp3) is 0.529. The van der Waals surface area contributed by atoms with Crippen LogP contribution in [-0.4, -0.2) is 23.6 Å².